The van der Waals surface area contributed by atoms with Crippen LogP contribution >= 0.6 is 34.5 Å². The first-order valence-electron chi connectivity index (χ1n) is 4.99. The molecular weight excluding hydrogens is 293 g/mol. The molecule has 2 aromatic rings. The molecule has 0 bridgehead atoms. The molecule has 0 saturated carbocycles. The minimum Gasteiger partial charge on any atom is -0.375 e. The van der Waals surface area contributed by atoms with E-state index in [2.05, 4.69) is 10.3 Å². The molecule has 0 aliphatic carbocycles. The van der Waals surface area contributed by atoms with Crippen molar-refractivity contribution in [2.45, 2.75) is 6.42 Å². The Kier molecular flexibility index (Phi) is 4.06. The average molecular weight is 302 g/mol. The third-order valence-corrected chi connectivity index (χ3v) is 3.58. The van der Waals surface area contributed by atoms with Crippen molar-refractivity contribution in [3.05, 3.63) is 39.3 Å². The quantitative estimate of drug-likeness (QED) is 0.914. The van der Waals surface area contributed by atoms with Crippen LogP contribution < -0.4 is 11.1 Å². The van der Waals surface area contributed by atoms with E-state index in [4.69, 9.17) is 28.9 Å². The molecule has 0 unspecified atom stereocenters. The number of thiazole rings is 1. The number of benzene rings is 1. The van der Waals surface area contributed by atoms with Gasteiger partial charge in [-0.2, -0.15) is 0 Å². The van der Waals surface area contributed by atoms with Gasteiger partial charge in [0, 0.05) is 11.1 Å². The molecule has 7 heteroatoms. The molecule has 18 heavy (non-hydrogen) atoms. The zero-order valence-corrected chi connectivity index (χ0v) is 11.4. The van der Waals surface area contributed by atoms with Crippen LogP contribution in [0.2, 0.25) is 10.0 Å². The molecule has 0 atom stereocenters. The monoisotopic (exact) mass is 301 g/mol. The van der Waals surface area contributed by atoms with E-state index in [1.165, 1.54) is 11.3 Å². The number of anilines is 2. The fourth-order valence-electron chi connectivity index (χ4n) is 1.35. The Labute approximate surface area is 118 Å². The van der Waals surface area contributed by atoms with E-state index in [0.717, 1.165) is 0 Å². The Morgan fingerprint density at radius 2 is 2.17 bits per heavy atom. The second-order valence-corrected chi connectivity index (χ2v) is 5.24. The van der Waals surface area contributed by atoms with Gasteiger partial charge in [-0.3, -0.25) is 4.79 Å². The maximum absolute atomic E-state index is 11.7. The summed E-state index contributed by atoms with van der Waals surface area (Å²) in [6.07, 6.45) is 0.175. The molecule has 1 heterocycles. The average Bonchev–Trinajstić information content (AvgIpc) is 2.69. The highest BCUT2D eigenvalue weighted by Gasteiger charge is 2.08. The van der Waals surface area contributed by atoms with Crippen LogP contribution in [0.1, 0.15) is 5.69 Å². The van der Waals surface area contributed by atoms with E-state index in [1.54, 1.807) is 23.6 Å². The smallest absolute Gasteiger partial charge is 0.230 e. The van der Waals surface area contributed by atoms with E-state index in [1.807, 2.05) is 0 Å². The molecule has 3 N–H and O–H groups in total. The lowest BCUT2D eigenvalue weighted by molar-refractivity contribution is -0.115. The zero-order valence-electron chi connectivity index (χ0n) is 9.11. The second kappa shape index (κ2) is 5.56. The maximum Gasteiger partial charge on any atom is 0.230 e. The summed E-state index contributed by atoms with van der Waals surface area (Å²) in [5.74, 6) is -0.182. The summed E-state index contributed by atoms with van der Waals surface area (Å²) in [6, 6.07) is 4.90. The standard InChI is InChI=1S/C11H9Cl2N3OS/c12-8-2-1-6(3-9(8)13)15-10(17)4-7-5-18-11(14)16-7/h1-3,5H,4H2,(H2,14,16)(H,15,17). The summed E-state index contributed by atoms with van der Waals surface area (Å²) in [4.78, 5) is 15.7. The Hall–Kier alpha value is -1.30. The van der Waals surface area contributed by atoms with Crippen LogP contribution in [-0.2, 0) is 11.2 Å². The summed E-state index contributed by atoms with van der Waals surface area (Å²) in [7, 11) is 0. The number of carbonyl (C=O) groups excluding carboxylic acids is 1. The van der Waals surface area contributed by atoms with Gasteiger partial charge in [-0.25, -0.2) is 4.98 Å². The van der Waals surface area contributed by atoms with Gasteiger partial charge in [0.05, 0.1) is 22.2 Å². The van der Waals surface area contributed by atoms with Crippen LogP contribution in [0.15, 0.2) is 23.6 Å². The number of halogens is 2. The third-order valence-electron chi connectivity index (χ3n) is 2.11. The van der Waals surface area contributed by atoms with Crippen molar-refractivity contribution in [2.24, 2.45) is 0 Å². The van der Waals surface area contributed by atoms with Gasteiger partial charge < -0.3 is 11.1 Å². The van der Waals surface area contributed by atoms with Crippen molar-refractivity contribution >= 4 is 51.3 Å². The van der Waals surface area contributed by atoms with E-state index < -0.39 is 0 Å². The van der Waals surface area contributed by atoms with Crippen LogP contribution in [0.3, 0.4) is 0 Å². The van der Waals surface area contributed by atoms with Gasteiger partial charge in [-0.15, -0.1) is 11.3 Å². The van der Waals surface area contributed by atoms with E-state index in [-0.39, 0.29) is 12.3 Å². The summed E-state index contributed by atoms with van der Waals surface area (Å²) < 4.78 is 0. The van der Waals surface area contributed by atoms with Crippen LogP contribution in [0.25, 0.3) is 0 Å². The van der Waals surface area contributed by atoms with Crippen molar-refractivity contribution in [1.82, 2.24) is 4.98 Å². The van der Waals surface area contributed by atoms with E-state index in [0.29, 0.717) is 26.6 Å². The first-order valence-corrected chi connectivity index (χ1v) is 6.63. The lowest BCUT2D eigenvalue weighted by atomic mass is 10.3. The van der Waals surface area contributed by atoms with E-state index in [9.17, 15) is 4.79 Å². The molecule has 0 radical (unpaired) electrons. The first-order chi connectivity index (χ1) is 8.54. The van der Waals surface area contributed by atoms with Crippen LogP contribution in [0, 0.1) is 0 Å². The third kappa shape index (κ3) is 3.35. The molecule has 2 rings (SSSR count). The predicted octanol–water partition coefficient (Wildman–Crippen LogP) is 3.21. The second-order valence-electron chi connectivity index (χ2n) is 3.53. The van der Waals surface area contributed by atoms with Crippen molar-refractivity contribution in [3.63, 3.8) is 0 Å². The van der Waals surface area contributed by atoms with Gasteiger partial charge in [0.25, 0.3) is 0 Å². The minimum absolute atomic E-state index is 0.175. The zero-order chi connectivity index (χ0) is 13.1. The van der Waals surface area contributed by atoms with Crippen molar-refractivity contribution in [1.29, 1.82) is 0 Å². The molecule has 1 aromatic heterocycles. The summed E-state index contributed by atoms with van der Waals surface area (Å²) in [6.45, 7) is 0. The molecule has 1 amide bonds. The number of nitrogens with two attached hydrogens (primary N) is 1. The highest BCUT2D eigenvalue weighted by Crippen LogP contribution is 2.25. The number of nitrogens with one attached hydrogen (secondary N) is 1. The van der Waals surface area contributed by atoms with Gasteiger partial charge in [0.1, 0.15) is 0 Å². The highest BCUT2D eigenvalue weighted by molar-refractivity contribution is 7.13. The largest absolute Gasteiger partial charge is 0.375 e. The lowest BCUT2D eigenvalue weighted by Crippen LogP contribution is -2.14. The molecule has 0 aliphatic heterocycles. The summed E-state index contributed by atoms with van der Waals surface area (Å²) in [5.41, 5.74) is 6.73. The summed E-state index contributed by atoms with van der Waals surface area (Å²) >= 11 is 12.9. The van der Waals surface area contributed by atoms with E-state index >= 15 is 0 Å². The fourth-order valence-corrected chi connectivity index (χ4v) is 2.21. The van der Waals surface area contributed by atoms with Gasteiger partial charge >= 0.3 is 0 Å². The van der Waals surface area contributed by atoms with Crippen molar-refractivity contribution < 1.29 is 4.79 Å². The maximum atomic E-state index is 11.7. The predicted molar refractivity (Wildman–Crippen MR) is 75.3 cm³/mol. The number of aromatic nitrogens is 1. The van der Waals surface area contributed by atoms with Crippen molar-refractivity contribution in [3.8, 4) is 0 Å². The fraction of sp³-hybridized carbons (Fsp3) is 0.0909. The number of nitrogen functional groups attached to an aromatic ring is 1. The number of carbonyl (C=O) groups is 1. The Bertz CT molecular complexity index is 585. The number of rotatable bonds is 3. The normalized spacial score (nSPS) is 10.3. The van der Waals surface area contributed by atoms with Gasteiger partial charge in [0.15, 0.2) is 5.13 Å². The van der Waals surface area contributed by atoms with Crippen molar-refractivity contribution in [2.75, 3.05) is 11.1 Å². The van der Waals surface area contributed by atoms with Gasteiger partial charge in [-0.1, -0.05) is 23.2 Å². The van der Waals surface area contributed by atoms with Crippen LogP contribution in [-0.4, -0.2) is 10.9 Å². The molecule has 0 fully saturated rings. The van der Waals surface area contributed by atoms with Gasteiger partial charge in [-0.05, 0) is 18.2 Å². The number of amides is 1. The number of hydrogen-bond donors (Lipinski definition) is 2. The molecule has 4 nitrogen and oxygen atoms in total. The Balaban J connectivity index is 2.00. The summed E-state index contributed by atoms with van der Waals surface area (Å²) in [5, 5.41) is 5.76. The topological polar surface area (TPSA) is 68.0 Å². The molecule has 0 aliphatic rings. The Morgan fingerprint density at radius 3 is 2.78 bits per heavy atom. The molecule has 94 valence electrons. The SMILES string of the molecule is Nc1nc(CC(=O)Nc2ccc(Cl)c(Cl)c2)cs1. The molecule has 1 aromatic carbocycles. The minimum atomic E-state index is -0.182. The first kappa shape index (κ1) is 13.1. The molecular formula is C11H9Cl2N3OS. The Morgan fingerprint density at radius 1 is 1.39 bits per heavy atom. The highest BCUT2D eigenvalue weighted by atomic mass is 35.5. The van der Waals surface area contributed by atoms with Crippen LogP contribution in [0.5, 0.6) is 0 Å². The van der Waals surface area contributed by atoms with Crippen LogP contribution in [0.4, 0.5) is 10.8 Å². The number of nitrogens with zero attached hydrogens (tertiary/aromatic N) is 1. The van der Waals surface area contributed by atoms with Gasteiger partial charge in [0.2, 0.25) is 5.91 Å². The number of hydrogen-bond acceptors (Lipinski definition) is 4. The molecule has 0 saturated heterocycles. The molecule has 0 spiro atoms. The lowest BCUT2D eigenvalue weighted by Gasteiger charge is -2.05.